The summed E-state index contributed by atoms with van der Waals surface area (Å²) in [5, 5.41) is 0.562. The van der Waals surface area contributed by atoms with Gasteiger partial charge in [-0.3, -0.25) is 4.79 Å². The number of hydrogen-bond acceptors (Lipinski definition) is 5. The van der Waals surface area contributed by atoms with Gasteiger partial charge in [0.1, 0.15) is 5.75 Å². The molecule has 0 aromatic heterocycles. The van der Waals surface area contributed by atoms with Gasteiger partial charge in [0.25, 0.3) is 0 Å². The van der Waals surface area contributed by atoms with Crippen LogP contribution in [0.2, 0.25) is 0 Å². The van der Waals surface area contributed by atoms with Gasteiger partial charge in [0, 0.05) is 23.8 Å². The molecule has 0 saturated carbocycles. The maximum absolute atomic E-state index is 12.2. The molecule has 0 bridgehead atoms. The third-order valence-electron chi connectivity index (χ3n) is 4.51. The normalized spacial score (nSPS) is 25.7. The number of ether oxygens (including phenoxy) is 1. The van der Waals surface area contributed by atoms with E-state index in [-0.39, 0.29) is 34.6 Å². The number of para-hydroxylation sites is 1. The van der Waals surface area contributed by atoms with Crippen LogP contribution in [0.25, 0.3) is 0 Å². The predicted molar refractivity (Wildman–Crippen MR) is 104 cm³/mol. The van der Waals surface area contributed by atoms with Gasteiger partial charge in [-0.1, -0.05) is 43.8 Å². The van der Waals surface area contributed by atoms with E-state index in [9.17, 15) is 13.2 Å². The van der Waals surface area contributed by atoms with Crippen molar-refractivity contribution in [2.75, 3.05) is 18.6 Å². The lowest BCUT2D eigenvalue weighted by Gasteiger charge is -2.25. The first kappa shape index (κ1) is 19.2. The van der Waals surface area contributed by atoms with Crippen LogP contribution in [0.1, 0.15) is 25.8 Å². The van der Waals surface area contributed by atoms with E-state index in [4.69, 9.17) is 4.74 Å². The first-order chi connectivity index (χ1) is 12.3. The second-order valence-electron chi connectivity index (χ2n) is 7.13. The third-order valence-corrected chi connectivity index (χ3v) is 7.76. The average Bonchev–Trinajstić information content (AvgIpc) is 3.00. The van der Waals surface area contributed by atoms with Gasteiger partial charge in [-0.2, -0.15) is 4.99 Å². The van der Waals surface area contributed by atoms with Crippen LogP contribution in [0, 0.1) is 5.92 Å². The molecule has 2 saturated heterocycles. The van der Waals surface area contributed by atoms with Crippen LogP contribution in [0.3, 0.4) is 0 Å². The fourth-order valence-corrected chi connectivity index (χ4v) is 7.31. The zero-order chi connectivity index (χ0) is 18.9. The molecule has 2 heterocycles. The van der Waals surface area contributed by atoms with Crippen LogP contribution in [0.15, 0.2) is 29.3 Å². The number of nitrogens with zero attached hydrogens (tertiary/aromatic N) is 2. The summed E-state index contributed by atoms with van der Waals surface area (Å²) in [5.74, 6) is 1.07. The van der Waals surface area contributed by atoms with Gasteiger partial charge in [-0.25, -0.2) is 8.42 Å². The lowest BCUT2D eigenvalue weighted by atomic mass is 10.1. The fourth-order valence-electron chi connectivity index (χ4n) is 3.34. The van der Waals surface area contributed by atoms with E-state index in [1.54, 1.807) is 7.11 Å². The van der Waals surface area contributed by atoms with Crippen molar-refractivity contribution >= 4 is 32.7 Å². The van der Waals surface area contributed by atoms with Crippen LogP contribution in [0.5, 0.6) is 5.75 Å². The van der Waals surface area contributed by atoms with Crippen LogP contribution in [-0.2, 0) is 21.2 Å². The van der Waals surface area contributed by atoms with E-state index in [1.807, 2.05) is 43.0 Å². The zero-order valence-electron chi connectivity index (χ0n) is 15.2. The number of aliphatic imine (C=N–C) groups is 1. The monoisotopic (exact) mass is 396 g/mol. The Morgan fingerprint density at radius 2 is 2.08 bits per heavy atom. The SMILES string of the molecule is COc1ccccc1CN1C(=NC(=O)CC(C)C)S[C@H]2CS(=O)(=O)C[C@H]21. The average molecular weight is 397 g/mol. The molecule has 1 aromatic rings. The molecule has 2 aliphatic rings. The van der Waals surface area contributed by atoms with Crippen LogP contribution in [0.4, 0.5) is 0 Å². The van der Waals surface area contributed by atoms with Crippen molar-refractivity contribution < 1.29 is 17.9 Å². The molecular formula is C18H24N2O4S2. The van der Waals surface area contributed by atoms with E-state index < -0.39 is 9.84 Å². The van der Waals surface area contributed by atoms with Gasteiger partial charge in [-0.15, -0.1) is 0 Å². The second-order valence-corrected chi connectivity index (χ2v) is 10.5. The van der Waals surface area contributed by atoms with Crippen LogP contribution < -0.4 is 4.74 Å². The lowest BCUT2D eigenvalue weighted by Crippen LogP contribution is -2.37. The van der Waals surface area contributed by atoms with Crippen LogP contribution >= 0.6 is 11.8 Å². The van der Waals surface area contributed by atoms with Crippen molar-refractivity contribution in [1.82, 2.24) is 4.90 Å². The highest BCUT2D eigenvalue weighted by Gasteiger charge is 2.48. The van der Waals surface area contributed by atoms with Crippen LogP contribution in [-0.4, -0.2) is 54.3 Å². The molecule has 2 atom stereocenters. The molecule has 26 heavy (non-hydrogen) atoms. The topological polar surface area (TPSA) is 76.0 Å². The van der Waals surface area contributed by atoms with Gasteiger partial charge in [0.05, 0.1) is 24.7 Å². The molecule has 1 amide bonds. The van der Waals surface area contributed by atoms with Gasteiger partial charge in [-0.05, 0) is 12.0 Å². The molecule has 0 N–H and O–H groups in total. The van der Waals surface area contributed by atoms with E-state index in [0.717, 1.165) is 11.3 Å². The van der Waals surface area contributed by atoms with Crippen molar-refractivity contribution in [3.05, 3.63) is 29.8 Å². The molecular weight excluding hydrogens is 372 g/mol. The summed E-state index contributed by atoms with van der Waals surface area (Å²) in [6, 6.07) is 7.49. The number of carbonyl (C=O) groups excluding carboxylic acids is 1. The smallest absolute Gasteiger partial charge is 0.248 e. The number of fused-ring (bicyclic) bond motifs is 1. The van der Waals surface area contributed by atoms with Gasteiger partial charge in [0.2, 0.25) is 5.91 Å². The number of sulfone groups is 1. The van der Waals surface area contributed by atoms with E-state index in [1.165, 1.54) is 11.8 Å². The van der Waals surface area contributed by atoms with Crippen molar-refractivity contribution in [2.45, 2.75) is 38.1 Å². The summed E-state index contributed by atoms with van der Waals surface area (Å²) >= 11 is 1.41. The fraction of sp³-hybridized carbons (Fsp3) is 0.556. The van der Waals surface area contributed by atoms with E-state index in [0.29, 0.717) is 18.1 Å². The Morgan fingerprint density at radius 1 is 1.35 bits per heavy atom. The van der Waals surface area contributed by atoms with Crippen molar-refractivity contribution in [2.24, 2.45) is 10.9 Å². The zero-order valence-corrected chi connectivity index (χ0v) is 16.8. The minimum atomic E-state index is -3.05. The lowest BCUT2D eigenvalue weighted by molar-refractivity contribution is -0.118. The Kier molecular flexibility index (Phi) is 5.62. The molecule has 8 heteroatoms. The first-order valence-corrected chi connectivity index (χ1v) is 11.4. The minimum absolute atomic E-state index is 0.0692. The van der Waals surface area contributed by atoms with Gasteiger partial charge < -0.3 is 9.64 Å². The largest absolute Gasteiger partial charge is 0.496 e. The van der Waals surface area contributed by atoms with Crippen molar-refractivity contribution in [1.29, 1.82) is 0 Å². The second kappa shape index (κ2) is 7.60. The number of hydrogen-bond donors (Lipinski definition) is 0. The molecule has 1 aromatic carbocycles. The highest BCUT2D eigenvalue weighted by Crippen LogP contribution is 2.39. The summed E-state index contributed by atoms with van der Waals surface area (Å²) in [7, 11) is -1.44. The number of methoxy groups -OCH3 is 1. The summed E-state index contributed by atoms with van der Waals surface area (Å²) in [4.78, 5) is 18.5. The maximum atomic E-state index is 12.2. The van der Waals surface area contributed by atoms with Crippen molar-refractivity contribution in [3.8, 4) is 5.75 Å². The summed E-state index contributed by atoms with van der Waals surface area (Å²) in [5.41, 5.74) is 0.949. The third kappa shape index (κ3) is 4.23. The van der Waals surface area contributed by atoms with E-state index >= 15 is 0 Å². The molecule has 2 aliphatic heterocycles. The number of rotatable bonds is 5. The number of thioether (sulfide) groups is 1. The number of carbonyl (C=O) groups is 1. The van der Waals surface area contributed by atoms with Gasteiger partial charge in [0.15, 0.2) is 15.0 Å². The Bertz CT molecular complexity index is 820. The van der Waals surface area contributed by atoms with E-state index in [2.05, 4.69) is 4.99 Å². The number of amidine groups is 1. The maximum Gasteiger partial charge on any atom is 0.248 e. The van der Waals surface area contributed by atoms with Gasteiger partial charge >= 0.3 is 0 Å². The Labute approximate surface area is 158 Å². The molecule has 3 rings (SSSR count). The standard InChI is InChI=1S/C18H24N2O4S2/c1-12(2)8-17(21)19-18-20(9-13-6-4-5-7-15(13)24-3)14-10-26(22,23)11-16(14)25-18/h4-7,12,14,16H,8-11H2,1-3H3/t14-,16+/m1/s1. The Morgan fingerprint density at radius 3 is 2.77 bits per heavy atom. The molecule has 0 aliphatic carbocycles. The minimum Gasteiger partial charge on any atom is -0.496 e. The number of benzene rings is 1. The quantitative estimate of drug-likeness (QED) is 0.760. The molecule has 0 spiro atoms. The Balaban J connectivity index is 1.90. The molecule has 142 valence electrons. The predicted octanol–water partition coefficient (Wildman–Crippen LogP) is 2.34. The van der Waals surface area contributed by atoms with Crippen molar-refractivity contribution in [3.63, 3.8) is 0 Å². The highest BCUT2D eigenvalue weighted by molar-refractivity contribution is 8.15. The summed E-state index contributed by atoms with van der Waals surface area (Å²) in [6.45, 7) is 4.43. The first-order valence-electron chi connectivity index (χ1n) is 8.66. The molecule has 0 unspecified atom stereocenters. The molecule has 6 nitrogen and oxygen atoms in total. The summed E-state index contributed by atoms with van der Waals surface area (Å²) in [6.07, 6.45) is 0.389. The summed E-state index contributed by atoms with van der Waals surface area (Å²) < 4.78 is 29.6. The number of amides is 1. The Hall–Kier alpha value is -1.54. The molecule has 2 fully saturated rings. The molecule has 0 radical (unpaired) electrons. The highest BCUT2D eigenvalue weighted by atomic mass is 32.2.